The molecule has 0 spiro atoms. The molecule has 30 heavy (non-hydrogen) atoms. The van der Waals surface area contributed by atoms with Crippen LogP contribution in [0.4, 0.5) is 4.79 Å². The third-order valence-electron chi connectivity index (χ3n) is 5.70. The number of urea groups is 1. The normalized spacial score (nSPS) is 16.4. The summed E-state index contributed by atoms with van der Waals surface area (Å²) in [6, 6.07) is 26.7. The molecule has 3 aromatic carbocycles. The van der Waals surface area contributed by atoms with E-state index in [1.807, 2.05) is 79.8 Å². The van der Waals surface area contributed by atoms with Crippen molar-refractivity contribution in [3.63, 3.8) is 0 Å². The van der Waals surface area contributed by atoms with Gasteiger partial charge in [0.15, 0.2) is 12.2 Å². The Balaban J connectivity index is 1.65. The summed E-state index contributed by atoms with van der Waals surface area (Å²) in [5.74, 6) is -0.242. The van der Waals surface area contributed by atoms with Crippen LogP contribution >= 0.6 is 0 Å². The first-order valence-corrected chi connectivity index (χ1v) is 10.1. The highest BCUT2D eigenvalue weighted by atomic mass is 16.2. The number of quaternary nitrogens is 1. The number of carbonyl (C=O) groups is 2. The second kappa shape index (κ2) is 8.13. The van der Waals surface area contributed by atoms with Gasteiger partial charge in [0.1, 0.15) is 6.54 Å². The van der Waals surface area contributed by atoms with E-state index in [0.29, 0.717) is 6.67 Å². The summed E-state index contributed by atoms with van der Waals surface area (Å²) in [6.45, 7) is 3.10. The number of imide groups is 1. The number of benzene rings is 3. The van der Waals surface area contributed by atoms with Crippen LogP contribution in [0.3, 0.4) is 0 Å². The molecule has 1 saturated heterocycles. The van der Waals surface area contributed by atoms with Gasteiger partial charge in [0, 0.05) is 5.56 Å². The number of amides is 3. The number of nitrogens with one attached hydrogen (secondary N) is 2. The van der Waals surface area contributed by atoms with E-state index in [4.69, 9.17) is 0 Å². The molecule has 1 atom stereocenters. The maximum absolute atomic E-state index is 13.7. The third-order valence-corrected chi connectivity index (χ3v) is 5.70. The van der Waals surface area contributed by atoms with Gasteiger partial charge < -0.3 is 10.2 Å². The first-order valence-electron chi connectivity index (χ1n) is 10.1. The predicted molar refractivity (Wildman–Crippen MR) is 116 cm³/mol. The fraction of sp³-hybridized carbons (Fsp3) is 0.200. The van der Waals surface area contributed by atoms with Crippen molar-refractivity contribution in [2.45, 2.75) is 19.0 Å². The highest BCUT2D eigenvalue weighted by molar-refractivity contribution is 6.09. The van der Waals surface area contributed by atoms with Crippen molar-refractivity contribution in [3.05, 3.63) is 107 Å². The summed E-state index contributed by atoms with van der Waals surface area (Å²) in [5, 5.41) is 3.00. The van der Waals surface area contributed by atoms with Crippen molar-refractivity contribution in [1.29, 1.82) is 0 Å². The fourth-order valence-electron chi connectivity index (χ4n) is 4.11. The Kier molecular flexibility index (Phi) is 5.38. The molecule has 5 heteroatoms. The van der Waals surface area contributed by atoms with Crippen LogP contribution in [0.1, 0.15) is 22.3 Å². The van der Waals surface area contributed by atoms with E-state index in [1.165, 1.54) is 16.0 Å². The second-order valence-electron chi connectivity index (χ2n) is 7.86. The molecule has 0 bridgehead atoms. The Morgan fingerprint density at radius 3 is 1.93 bits per heavy atom. The molecule has 3 aromatic rings. The van der Waals surface area contributed by atoms with Gasteiger partial charge in [-0.2, -0.15) is 0 Å². The molecular formula is C25H26N3O2+. The predicted octanol–water partition coefficient (Wildman–Crippen LogP) is 2.46. The SMILES string of the molecule is Cc1ccccc1C[NH+](C)CN1C(=O)NC(c2ccccc2)(c2ccccc2)C1=O. The van der Waals surface area contributed by atoms with Crippen LogP contribution in [-0.4, -0.2) is 30.6 Å². The minimum absolute atomic E-state index is 0.242. The average molecular weight is 401 g/mol. The molecule has 4 rings (SSSR count). The first kappa shape index (κ1) is 19.9. The van der Waals surface area contributed by atoms with Gasteiger partial charge in [-0.25, -0.2) is 9.69 Å². The van der Waals surface area contributed by atoms with Crippen LogP contribution in [-0.2, 0) is 16.9 Å². The van der Waals surface area contributed by atoms with Crippen LogP contribution in [0.15, 0.2) is 84.9 Å². The van der Waals surface area contributed by atoms with Crippen molar-refractivity contribution >= 4 is 11.9 Å². The van der Waals surface area contributed by atoms with Crippen molar-refractivity contribution in [3.8, 4) is 0 Å². The summed E-state index contributed by atoms with van der Waals surface area (Å²) in [6.07, 6.45) is 0. The van der Waals surface area contributed by atoms with Gasteiger partial charge in [0.25, 0.3) is 5.91 Å². The standard InChI is InChI=1S/C25H25N3O2/c1-19-11-9-10-12-20(19)17-27(2)18-28-23(29)25(26-24(28)30,21-13-5-3-6-14-21)22-15-7-4-8-16-22/h3-16H,17-18H2,1-2H3,(H,26,30)/p+1. The van der Waals surface area contributed by atoms with Crippen LogP contribution < -0.4 is 10.2 Å². The lowest BCUT2D eigenvalue weighted by atomic mass is 9.83. The topological polar surface area (TPSA) is 53.9 Å². The van der Waals surface area contributed by atoms with Crippen molar-refractivity contribution in [1.82, 2.24) is 10.2 Å². The van der Waals surface area contributed by atoms with E-state index >= 15 is 0 Å². The Morgan fingerprint density at radius 1 is 0.833 bits per heavy atom. The highest BCUT2D eigenvalue weighted by Crippen LogP contribution is 2.35. The molecule has 0 saturated carbocycles. The third kappa shape index (κ3) is 3.48. The molecule has 0 aromatic heterocycles. The molecule has 1 unspecified atom stereocenters. The number of hydrogen-bond donors (Lipinski definition) is 2. The van der Waals surface area contributed by atoms with Gasteiger partial charge >= 0.3 is 6.03 Å². The summed E-state index contributed by atoms with van der Waals surface area (Å²) >= 11 is 0. The Morgan fingerprint density at radius 2 is 1.37 bits per heavy atom. The van der Waals surface area contributed by atoms with Crippen LogP contribution in [0.25, 0.3) is 0 Å². The zero-order valence-electron chi connectivity index (χ0n) is 17.3. The highest BCUT2D eigenvalue weighted by Gasteiger charge is 2.54. The maximum atomic E-state index is 13.7. The Bertz CT molecular complexity index is 1010. The molecule has 152 valence electrons. The van der Waals surface area contributed by atoms with Crippen molar-refractivity contribution in [2.24, 2.45) is 0 Å². The zero-order valence-corrected chi connectivity index (χ0v) is 17.3. The minimum atomic E-state index is -1.21. The molecular weight excluding hydrogens is 374 g/mol. The molecule has 1 aliphatic heterocycles. The molecule has 1 aliphatic rings. The quantitative estimate of drug-likeness (QED) is 0.625. The van der Waals surface area contributed by atoms with E-state index in [9.17, 15) is 9.59 Å². The Labute approximate surface area is 176 Å². The average Bonchev–Trinajstić information content (AvgIpc) is 3.02. The molecule has 0 radical (unpaired) electrons. The molecule has 3 amide bonds. The van der Waals surface area contributed by atoms with Crippen LogP contribution in [0.5, 0.6) is 0 Å². The lowest BCUT2D eigenvalue weighted by Crippen LogP contribution is -3.09. The van der Waals surface area contributed by atoms with Crippen molar-refractivity contribution in [2.75, 3.05) is 13.7 Å². The molecule has 5 nitrogen and oxygen atoms in total. The van der Waals surface area contributed by atoms with Gasteiger partial charge in [0.2, 0.25) is 0 Å². The lowest BCUT2D eigenvalue weighted by molar-refractivity contribution is -0.901. The van der Waals surface area contributed by atoms with E-state index < -0.39 is 5.54 Å². The molecule has 1 fully saturated rings. The summed E-state index contributed by atoms with van der Waals surface area (Å²) in [5.41, 5.74) is 2.72. The number of aryl methyl sites for hydroxylation is 1. The number of nitrogens with zero attached hydrogens (tertiary/aromatic N) is 1. The second-order valence-corrected chi connectivity index (χ2v) is 7.86. The Hall–Kier alpha value is -3.44. The van der Waals surface area contributed by atoms with Gasteiger partial charge in [0.05, 0.1) is 7.05 Å². The molecule has 0 aliphatic carbocycles. The van der Waals surface area contributed by atoms with E-state index in [0.717, 1.165) is 22.6 Å². The van der Waals surface area contributed by atoms with Gasteiger partial charge in [-0.15, -0.1) is 0 Å². The first-order chi connectivity index (χ1) is 14.5. The minimum Gasteiger partial charge on any atom is -0.316 e. The van der Waals surface area contributed by atoms with Gasteiger partial charge in [-0.1, -0.05) is 84.9 Å². The maximum Gasteiger partial charge on any atom is 0.330 e. The lowest BCUT2D eigenvalue weighted by Gasteiger charge is -2.28. The molecule has 1 heterocycles. The number of rotatable bonds is 6. The zero-order chi connectivity index (χ0) is 21.1. The summed E-state index contributed by atoms with van der Waals surface area (Å²) in [4.78, 5) is 29.1. The van der Waals surface area contributed by atoms with Crippen LogP contribution in [0.2, 0.25) is 0 Å². The fourth-order valence-corrected chi connectivity index (χ4v) is 4.11. The van der Waals surface area contributed by atoms with Crippen LogP contribution in [0, 0.1) is 6.92 Å². The van der Waals surface area contributed by atoms with Crippen molar-refractivity contribution < 1.29 is 14.5 Å². The monoisotopic (exact) mass is 400 g/mol. The number of carbonyl (C=O) groups excluding carboxylic acids is 2. The summed E-state index contributed by atoms with van der Waals surface area (Å²) in [7, 11) is 2.00. The van der Waals surface area contributed by atoms with E-state index in [-0.39, 0.29) is 11.9 Å². The number of hydrogen-bond acceptors (Lipinski definition) is 2. The van der Waals surface area contributed by atoms with Gasteiger partial charge in [-0.3, -0.25) is 4.79 Å². The summed E-state index contributed by atoms with van der Waals surface area (Å²) < 4.78 is 0. The largest absolute Gasteiger partial charge is 0.330 e. The van der Waals surface area contributed by atoms with E-state index in [1.54, 1.807) is 0 Å². The van der Waals surface area contributed by atoms with E-state index in [2.05, 4.69) is 24.4 Å². The van der Waals surface area contributed by atoms with Gasteiger partial charge in [-0.05, 0) is 23.6 Å². The molecule has 2 N–H and O–H groups in total. The smallest absolute Gasteiger partial charge is 0.316 e.